The summed E-state index contributed by atoms with van der Waals surface area (Å²) >= 11 is 0. The van der Waals surface area contributed by atoms with Gasteiger partial charge in [-0.25, -0.2) is 0 Å². The first-order chi connectivity index (χ1) is 9.17. The van der Waals surface area contributed by atoms with Crippen LogP contribution in [0.25, 0.3) is 0 Å². The third kappa shape index (κ3) is 3.77. The molecule has 0 aliphatic carbocycles. The van der Waals surface area contributed by atoms with Crippen LogP contribution in [0.1, 0.15) is 36.7 Å². The number of aryl methyl sites for hydroxylation is 1. The van der Waals surface area contributed by atoms with Gasteiger partial charge in [0.05, 0.1) is 10.5 Å². The van der Waals surface area contributed by atoms with Crippen LogP contribution < -0.4 is 0 Å². The second-order valence-electron chi connectivity index (χ2n) is 5.36. The number of carbonyl (C=O) groups excluding carboxylic acids is 1. The number of benzene rings is 1. The number of hydrogen-bond donors (Lipinski definition) is 1. The molecule has 6 heteroatoms. The number of rotatable bonds is 5. The monoisotopic (exact) mass is 280 g/mol. The van der Waals surface area contributed by atoms with Crippen molar-refractivity contribution in [3.8, 4) is 0 Å². The van der Waals surface area contributed by atoms with Crippen molar-refractivity contribution < 1.29 is 14.8 Å². The van der Waals surface area contributed by atoms with Crippen molar-refractivity contribution in [1.82, 2.24) is 4.90 Å². The van der Waals surface area contributed by atoms with Gasteiger partial charge in [0.2, 0.25) is 0 Å². The van der Waals surface area contributed by atoms with Gasteiger partial charge in [-0.1, -0.05) is 12.1 Å². The Hall–Kier alpha value is -1.95. The van der Waals surface area contributed by atoms with Crippen LogP contribution in [0, 0.1) is 17.0 Å². The first kappa shape index (κ1) is 16.1. The van der Waals surface area contributed by atoms with Gasteiger partial charge in [0.25, 0.3) is 11.6 Å². The number of carbonyl (C=O) groups is 1. The molecule has 0 saturated heterocycles. The van der Waals surface area contributed by atoms with Gasteiger partial charge in [0.1, 0.15) is 5.56 Å². The van der Waals surface area contributed by atoms with Crippen LogP contribution in [-0.4, -0.2) is 39.5 Å². The Morgan fingerprint density at radius 3 is 2.50 bits per heavy atom. The molecule has 0 aromatic heterocycles. The maximum Gasteiger partial charge on any atom is 0.282 e. The zero-order chi connectivity index (χ0) is 15.5. The molecule has 110 valence electrons. The zero-order valence-electron chi connectivity index (χ0n) is 12.2. The molecule has 0 radical (unpaired) electrons. The van der Waals surface area contributed by atoms with E-state index >= 15 is 0 Å². The molecule has 0 fully saturated rings. The molecular weight excluding hydrogens is 260 g/mol. The molecule has 0 unspecified atom stereocenters. The highest BCUT2D eigenvalue weighted by Gasteiger charge is 2.28. The van der Waals surface area contributed by atoms with E-state index in [4.69, 9.17) is 0 Å². The predicted molar refractivity (Wildman–Crippen MR) is 75.7 cm³/mol. The summed E-state index contributed by atoms with van der Waals surface area (Å²) in [6.07, 6.45) is 0. The van der Waals surface area contributed by atoms with Crippen molar-refractivity contribution >= 4 is 11.6 Å². The molecule has 1 aromatic rings. The van der Waals surface area contributed by atoms with Crippen molar-refractivity contribution in [2.45, 2.75) is 33.3 Å². The highest BCUT2D eigenvalue weighted by Crippen LogP contribution is 2.24. The van der Waals surface area contributed by atoms with E-state index in [1.54, 1.807) is 39.8 Å². The van der Waals surface area contributed by atoms with E-state index in [-0.39, 0.29) is 17.8 Å². The van der Waals surface area contributed by atoms with Gasteiger partial charge in [-0.05, 0) is 33.3 Å². The normalized spacial score (nSPS) is 11.2. The summed E-state index contributed by atoms with van der Waals surface area (Å²) in [5.74, 6) is -0.431. The molecular formula is C14H20N2O4. The van der Waals surface area contributed by atoms with Crippen molar-refractivity contribution in [1.29, 1.82) is 0 Å². The molecule has 6 nitrogen and oxygen atoms in total. The predicted octanol–water partition coefficient (Wildman–Crippen LogP) is 2.14. The molecule has 20 heavy (non-hydrogen) atoms. The first-order valence-corrected chi connectivity index (χ1v) is 6.43. The standard InChI is InChI=1S/C14H20N2O4/c1-5-15(9-14(3,4)18)13(17)12-10(2)7-6-8-11(12)16(19)20/h6-8,18H,5,9H2,1-4H3. The summed E-state index contributed by atoms with van der Waals surface area (Å²) in [6, 6.07) is 4.53. The summed E-state index contributed by atoms with van der Waals surface area (Å²) in [5, 5.41) is 20.9. The fourth-order valence-corrected chi connectivity index (χ4v) is 2.04. The molecule has 1 aromatic carbocycles. The van der Waals surface area contributed by atoms with Crippen molar-refractivity contribution in [2.24, 2.45) is 0 Å². The molecule has 1 rings (SSSR count). The zero-order valence-corrected chi connectivity index (χ0v) is 12.2. The quantitative estimate of drug-likeness (QED) is 0.661. The number of likely N-dealkylation sites (N-methyl/N-ethyl adjacent to an activating group) is 1. The highest BCUT2D eigenvalue weighted by molar-refractivity contribution is 5.99. The maximum absolute atomic E-state index is 12.5. The average molecular weight is 280 g/mol. The van der Waals surface area contributed by atoms with E-state index < -0.39 is 16.4 Å². The summed E-state index contributed by atoms with van der Waals surface area (Å²) < 4.78 is 0. The van der Waals surface area contributed by atoms with Crippen molar-refractivity contribution in [2.75, 3.05) is 13.1 Å². The number of hydrogen-bond acceptors (Lipinski definition) is 4. The number of aliphatic hydroxyl groups is 1. The molecule has 0 aliphatic rings. The lowest BCUT2D eigenvalue weighted by molar-refractivity contribution is -0.385. The molecule has 1 N–H and O–H groups in total. The van der Waals surface area contributed by atoms with E-state index in [1.165, 1.54) is 11.0 Å². The van der Waals surface area contributed by atoms with Crippen LogP contribution in [-0.2, 0) is 0 Å². The molecule has 0 spiro atoms. The Balaban J connectivity index is 3.22. The summed E-state index contributed by atoms with van der Waals surface area (Å²) in [5.41, 5.74) is -0.616. The summed E-state index contributed by atoms with van der Waals surface area (Å²) in [7, 11) is 0. The molecule has 1 amide bonds. The van der Waals surface area contributed by atoms with E-state index in [0.717, 1.165) is 0 Å². The number of nitrogens with zero attached hydrogens (tertiary/aromatic N) is 2. The van der Waals surface area contributed by atoms with E-state index in [0.29, 0.717) is 12.1 Å². The number of amides is 1. The third-order valence-electron chi connectivity index (χ3n) is 2.91. The van der Waals surface area contributed by atoms with Gasteiger partial charge in [0, 0.05) is 19.2 Å². The largest absolute Gasteiger partial charge is 0.389 e. The lowest BCUT2D eigenvalue weighted by Crippen LogP contribution is -2.42. The maximum atomic E-state index is 12.5. The van der Waals surface area contributed by atoms with Gasteiger partial charge >= 0.3 is 0 Å². The Morgan fingerprint density at radius 1 is 1.45 bits per heavy atom. The van der Waals surface area contributed by atoms with Gasteiger partial charge in [0.15, 0.2) is 0 Å². The number of nitro benzene ring substituents is 1. The lowest BCUT2D eigenvalue weighted by Gasteiger charge is -2.28. The van der Waals surface area contributed by atoms with Crippen LogP contribution in [0.5, 0.6) is 0 Å². The summed E-state index contributed by atoms with van der Waals surface area (Å²) in [6.45, 7) is 7.11. The van der Waals surface area contributed by atoms with Gasteiger partial charge in [-0.2, -0.15) is 0 Å². The van der Waals surface area contributed by atoms with Crippen LogP contribution >= 0.6 is 0 Å². The average Bonchev–Trinajstić information content (AvgIpc) is 2.33. The first-order valence-electron chi connectivity index (χ1n) is 6.43. The smallest absolute Gasteiger partial charge is 0.282 e. The number of nitro groups is 1. The lowest BCUT2D eigenvalue weighted by atomic mass is 10.0. The second kappa shape index (κ2) is 6.00. The van der Waals surface area contributed by atoms with Gasteiger partial charge < -0.3 is 10.0 Å². The van der Waals surface area contributed by atoms with Crippen LogP contribution in [0.15, 0.2) is 18.2 Å². The van der Waals surface area contributed by atoms with Crippen LogP contribution in [0.4, 0.5) is 5.69 Å². The Bertz CT molecular complexity index is 520. The molecule has 0 atom stereocenters. The molecule has 0 aliphatic heterocycles. The Labute approximate surface area is 118 Å². The van der Waals surface area contributed by atoms with Crippen LogP contribution in [0.2, 0.25) is 0 Å². The van der Waals surface area contributed by atoms with E-state index in [1.807, 2.05) is 0 Å². The SMILES string of the molecule is CCN(CC(C)(C)O)C(=O)c1c(C)cccc1[N+](=O)[O-]. The Morgan fingerprint density at radius 2 is 2.05 bits per heavy atom. The van der Waals surface area contributed by atoms with Gasteiger partial charge in [-0.15, -0.1) is 0 Å². The minimum absolute atomic E-state index is 0.0867. The fourth-order valence-electron chi connectivity index (χ4n) is 2.04. The van der Waals surface area contributed by atoms with Gasteiger partial charge in [-0.3, -0.25) is 14.9 Å². The van der Waals surface area contributed by atoms with Crippen LogP contribution in [0.3, 0.4) is 0 Å². The topological polar surface area (TPSA) is 83.7 Å². The fraction of sp³-hybridized carbons (Fsp3) is 0.500. The van der Waals surface area contributed by atoms with Crippen molar-refractivity contribution in [3.05, 3.63) is 39.4 Å². The minimum Gasteiger partial charge on any atom is -0.389 e. The third-order valence-corrected chi connectivity index (χ3v) is 2.91. The Kier molecular flexibility index (Phi) is 4.83. The molecule has 0 heterocycles. The second-order valence-corrected chi connectivity index (χ2v) is 5.36. The molecule has 0 bridgehead atoms. The minimum atomic E-state index is -1.05. The highest BCUT2D eigenvalue weighted by atomic mass is 16.6. The summed E-state index contributed by atoms with van der Waals surface area (Å²) in [4.78, 5) is 24.4. The van der Waals surface area contributed by atoms with E-state index in [9.17, 15) is 20.0 Å². The van der Waals surface area contributed by atoms with Crippen molar-refractivity contribution in [3.63, 3.8) is 0 Å². The van der Waals surface area contributed by atoms with E-state index in [2.05, 4.69) is 0 Å². The molecule has 0 saturated carbocycles.